The number of likely N-dealkylation sites (N-methyl/N-ethyl adjacent to an activating group) is 1. The first-order valence-corrected chi connectivity index (χ1v) is 9.61. The Balaban J connectivity index is 1.82. The minimum atomic E-state index is -0.810. The lowest BCUT2D eigenvalue weighted by molar-refractivity contribution is -0.130. The first kappa shape index (κ1) is 18.9. The van der Waals surface area contributed by atoms with Gasteiger partial charge in [-0.25, -0.2) is 4.99 Å². The van der Waals surface area contributed by atoms with E-state index in [1.807, 2.05) is 56.3 Å². The smallest absolute Gasteiger partial charge is 0.239 e. The van der Waals surface area contributed by atoms with Crippen LogP contribution in [0, 0.1) is 6.92 Å². The Morgan fingerprint density at radius 1 is 1.00 bits per heavy atom. The predicted octanol–water partition coefficient (Wildman–Crippen LogP) is 3.84. The Morgan fingerprint density at radius 3 is 2.31 bits per heavy atom. The highest BCUT2D eigenvalue weighted by molar-refractivity contribution is 6.02. The summed E-state index contributed by atoms with van der Waals surface area (Å²) in [4.78, 5) is 23.8. The number of benzene rings is 2. The number of hydrogen-bond donors (Lipinski definition) is 1. The van der Waals surface area contributed by atoms with E-state index in [4.69, 9.17) is 10.7 Å². The van der Waals surface area contributed by atoms with E-state index in [0.29, 0.717) is 0 Å². The summed E-state index contributed by atoms with van der Waals surface area (Å²) in [5, 5.41) is 0. The van der Waals surface area contributed by atoms with Gasteiger partial charge < -0.3 is 5.73 Å². The third-order valence-corrected chi connectivity index (χ3v) is 5.66. The molecule has 0 radical (unpaired) electrons. The lowest BCUT2D eigenvalue weighted by Gasteiger charge is -2.41. The summed E-state index contributed by atoms with van der Waals surface area (Å²) in [5.41, 5.74) is 10.2. The minimum Gasteiger partial charge on any atom is -0.369 e. The van der Waals surface area contributed by atoms with E-state index in [9.17, 15) is 4.79 Å². The van der Waals surface area contributed by atoms with Crippen LogP contribution in [-0.4, -0.2) is 28.8 Å². The zero-order valence-corrected chi connectivity index (χ0v) is 16.8. The molecule has 1 amide bonds. The molecule has 2 atom stereocenters. The molecular weight excluding hydrogens is 360 g/mol. The zero-order chi connectivity index (χ0) is 20.6. The van der Waals surface area contributed by atoms with Crippen molar-refractivity contribution in [3.63, 3.8) is 0 Å². The number of guanidine groups is 1. The molecule has 0 unspecified atom stereocenters. The first-order chi connectivity index (χ1) is 13.9. The van der Waals surface area contributed by atoms with Crippen LogP contribution in [-0.2, 0) is 10.3 Å². The van der Waals surface area contributed by atoms with Crippen LogP contribution in [0.15, 0.2) is 77.9 Å². The van der Waals surface area contributed by atoms with Gasteiger partial charge in [-0.2, -0.15) is 0 Å². The molecule has 2 aromatic carbocycles. The fourth-order valence-electron chi connectivity index (χ4n) is 3.98. The summed E-state index contributed by atoms with van der Waals surface area (Å²) in [6, 6.07) is 22.2. The van der Waals surface area contributed by atoms with Crippen LogP contribution in [0.4, 0.5) is 0 Å². The Morgan fingerprint density at radius 2 is 1.66 bits per heavy atom. The van der Waals surface area contributed by atoms with Gasteiger partial charge in [0.25, 0.3) is 0 Å². The van der Waals surface area contributed by atoms with E-state index in [1.54, 1.807) is 13.2 Å². The quantitative estimate of drug-likeness (QED) is 0.746. The van der Waals surface area contributed by atoms with Gasteiger partial charge in [-0.15, -0.1) is 0 Å². The highest BCUT2D eigenvalue weighted by atomic mass is 16.2. The van der Waals surface area contributed by atoms with E-state index < -0.39 is 11.5 Å². The number of hydrogen-bond acceptors (Lipinski definition) is 4. The number of carbonyl (C=O) groups is 1. The summed E-state index contributed by atoms with van der Waals surface area (Å²) in [7, 11) is 1.67. The van der Waals surface area contributed by atoms with E-state index in [1.165, 1.54) is 4.90 Å². The van der Waals surface area contributed by atoms with Crippen LogP contribution in [0.3, 0.4) is 0 Å². The van der Waals surface area contributed by atoms with Gasteiger partial charge in [0.2, 0.25) is 5.91 Å². The van der Waals surface area contributed by atoms with Gasteiger partial charge in [-0.05, 0) is 48.2 Å². The van der Waals surface area contributed by atoms with Crippen LogP contribution < -0.4 is 5.73 Å². The van der Waals surface area contributed by atoms with Crippen molar-refractivity contribution in [2.45, 2.75) is 25.3 Å². The summed E-state index contributed by atoms with van der Waals surface area (Å²) in [5.74, 6) is -0.322. The topological polar surface area (TPSA) is 71.6 Å². The normalized spacial score (nSPS) is 21.8. The predicted molar refractivity (Wildman–Crippen MR) is 115 cm³/mol. The van der Waals surface area contributed by atoms with Crippen LogP contribution in [0.25, 0.3) is 11.1 Å². The van der Waals surface area contributed by atoms with Crippen molar-refractivity contribution >= 4 is 11.9 Å². The fraction of sp³-hybridized carbons (Fsp3) is 0.208. The van der Waals surface area contributed by atoms with Crippen LogP contribution in [0.2, 0.25) is 0 Å². The average molecular weight is 384 g/mol. The van der Waals surface area contributed by atoms with Crippen LogP contribution in [0.5, 0.6) is 0 Å². The number of amides is 1. The zero-order valence-electron chi connectivity index (χ0n) is 16.8. The largest absolute Gasteiger partial charge is 0.369 e. The average Bonchev–Trinajstić information content (AvgIpc) is 2.73. The van der Waals surface area contributed by atoms with E-state index in [0.717, 1.165) is 27.9 Å². The Hall–Kier alpha value is -3.47. The molecule has 146 valence electrons. The number of pyridine rings is 1. The molecular formula is C24H24N4O. The molecule has 2 heterocycles. The molecule has 0 saturated carbocycles. The molecule has 2 N–H and O–H groups in total. The molecule has 29 heavy (non-hydrogen) atoms. The molecule has 1 aliphatic heterocycles. The van der Waals surface area contributed by atoms with Crippen molar-refractivity contribution < 1.29 is 4.79 Å². The Kier molecular flexibility index (Phi) is 4.66. The molecule has 0 spiro atoms. The van der Waals surface area contributed by atoms with Gasteiger partial charge in [0.15, 0.2) is 5.96 Å². The van der Waals surface area contributed by atoms with Crippen LogP contribution >= 0.6 is 0 Å². The van der Waals surface area contributed by atoms with Crippen molar-refractivity contribution in [3.05, 3.63) is 89.7 Å². The highest BCUT2D eigenvalue weighted by Gasteiger charge is 2.47. The maximum Gasteiger partial charge on any atom is 0.239 e. The molecule has 5 nitrogen and oxygen atoms in total. The molecule has 4 rings (SSSR count). The summed E-state index contributed by atoms with van der Waals surface area (Å²) < 4.78 is 0. The van der Waals surface area contributed by atoms with Gasteiger partial charge in [-0.1, -0.05) is 54.6 Å². The number of aliphatic imine (C=N–C) groups is 1. The summed E-state index contributed by atoms with van der Waals surface area (Å²) in [6.07, 6.45) is 1.75. The number of aromatic nitrogens is 1. The van der Waals surface area contributed by atoms with Crippen molar-refractivity contribution in [2.75, 3.05) is 7.05 Å². The minimum absolute atomic E-state index is 0.0677. The van der Waals surface area contributed by atoms with Gasteiger partial charge >= 0.3 is 0 Å². The number of rotatable bonds is 3. The van der Waals surface area contributed by atoms with Crippen molar-refractivity contribution in [3.8, 4) is 11.1 Å². The second kappa shape index (κ2) is 7.17. The number of aryl methyl sites for hydroxylation is 1. The highest BCUT2D eigenvalue weighted by Crippen LogP contribution is 2.44. The third-order valence-electron chi connectivity index (χ3n) is 5.66. The lowest BCUT2D eigenvalue weighted by atomic mass is 9.74. The maximum atomic E-state index is 13.3. The molecule has 1 aliphatic rings. The van der Waals surface area contributed by atoms with Gasteiger partial charge in [0.1, 0.15) is 5.54 Å². The van der Waals surface area contributed by atoms with Gasteiger partial charge in [-0.3, -0.25) is 14.7 Å². The van der Waals surface area contributed by atoms with Gasteiger partial charge in [0.05, 0.1) is 5.92 Å². The van der Waals surface area contributed by atoms with E-state index >= 15 is 0 Å². The number of nitrogens with two attached hydrogens (primary N) is 1. The number of carbonyl (C=O) groups excluding carboxylic acids is 1. The Bertz CT molecular complexity index is 1080. The maximum absolute atomic E-state index is 13.3. The second-order valence-electron chi connectivity index (χ2n) is 7.62. The molecule has 0 fully saturated rings. The van der Waals surface area contributed by atoms with Crippen LogP contribution in [0.1, 0.15) is 29.7 Å². The first-order valence-electron chi connectivity index (χ1n) is 9.61. The van der Waals surface area contributed by atoms with Gasteiger partial charge in [0, 0.05) is 18.9 Å². The van der Waals surface area contributed by atoms with Crippen molar-refractivity contribution in [2.24, 2.45) is 10.7 Å². The molecule has 0 saturated heterocycles. The molecule has 3 aromatic rings. The second-order valence-corrected chi connectivity index (χ2v) is 7.62. The molecule has 1 aromatic heterocycles. The number of nitrogens with zero attached hydrogens (tertiary/aromatic N) is 3. The Labute approximate surface area is 170 Å². The lowest BCUT2D eigenvalue weighted by Crippen LogP contribution is -2.52. The molecule has 0 bridgehead atoms. The monoisotopic (exact) mass is 384 g/mol. The SMILES string of the molecule is Cc1cc([C@@]2(C)N=C(N)N(C)C(=O)[C@@H]2c2ccc(-c3ccccc3)cc2)ccn1. The third kappa shape index (κ3) is 3.29. The van der Waals surface area contributed by atoms with E-state index in [-0.39, 0.29) is 11.9 Å². The summed E-state index contributed by atoms with van der Waals surface area (Å²) >= 11 is 0. The molecule has 5 heteroatoms. The van der Waals surface area contributed by atoms with Crippen molar-refractivity contribution in [1.29, 1.82) is 0 Å². The van der Waals surface area contributed by atoms with Crippen molar-refractivity contribution in [1.82, 2.24) is 9.88 Å². The summed E-state index contributed by atoms with van der Waals surface area (Å²) in [6.45, 7) is 3.90. The van der Waals surface area contributed by atoms with E-state index in [2.05, 4.69) is 29.2 Å². The standard InChI is InChI=1S/C24H24N4O/c1-16-15-20(13-14-26-16)24(2)21(22(29)28(3)23(25)27-24)19-11-9-18(10-12-19)17-7-5-4-6-8-17/h4-15,21H,1-3H3,(H2,25,27)/t21-,24+/m0/s1. The fourth-order valence-corrected chi connectivity index (χ4v) is 3.98. The molecule has 0 aliphatic carbocycles.